The van der Waals surface area contributed by atoms with E-state index < -0.39 is 0 Å². The number of benzene rings is 1. The summed E-state index contributed by atoms with van der Waals surface area (Å²) in [5, 5.41) is 0. The van der Waals surface area contributed by atoms with Gasteiger partial charge in [0, 0.05) is 38.3 Å². The smallest absolute Gasteiger partial charge is 0.254 e. The normalized spacial score (nSPS) is 19.0. The van der Waals surface area contributed by atoms with Gasteiger partial charge >= 0.3 is 0 Å². The van der Waals surface area contributed by atoms with Crippen LogP contribution in [0.1, 0.15) is 34.6 Å². The van der Waals surface area contributed by atoms with Gasteiger partial charge in [0.25, 0.3) is 5.91 Å². The molecule has 0 unspecified atom stereocenters. The molecule has 0 atom stereocenters. The van der Waals surface area contributed by atoms with Crippen LogP contribution in [0.2, 0.25) is 0 Å². The van der Waals surface area contributed by atoms with E-state index in [9.17, 15) is 4.79 Å². The molecule has 5 heteroatoms. The van der Waals surface area contributed by atoms with Crippen molar-refractivity contribution < 1.29 is 4.79 Å². The number of carbonyl (C=O) groups is 1. The second kappa shape index (κ2) is 6.13. The molecule has 0 radical (unpaired) electrons. The molecule has 0 N–H and O–H groups in total. The van der Waals surface area contributed by atoms with Crippen molar-refractivity contribution in [1.82, 2.24) is 19.8 Å². The first-order valence-corrected chi connectivity index (χ1v) is 8.87. The molecule has 1 aliphatic heterocycles. The second-order valence-corrected chi connectivity index (χ2v) is 7.13. The Labute approximate surface area is 142 Å². The first-order chi connectivity index (χ1) is 11.6. The molecule has 126 valence electrons. The fourth-order valence-electron chi connectivity index (χ4n) is 3.35. The van der Waals surface area contributed by atoms with Crippen LogP contribution in [-0.2, 0) is 0 Å². The fourth-order valence-corrected chi connectivity index (χ4v) is 3.35. The van der Waals surface area contributed by atoms with E-state index in [1.165, 1.54) is 19.4 Å². The average molecular weight is 324 g/mol. The summed E-state index contributed by atoms with van der Waals surface area (Å²) in [5.41, 5.74) is 4.23. The van der Waals surface area contributed by atoms with Crippen molar-refractivity contribution in [3.63, 3.8) is 0 Å². The Morgan fingerprint density at radius 3 is 2.38 bits per heavy atom. The molecule has 1 amide bonds. The highest BCUT2D eigenvalue weighted by molar-refractivity contribution is 5.97. The van der Waals surface area contributed by atoms with Crippen LogP contribution in [0.15, 0.2) is 18.2 Å². The maximum atomic E-state index is 12.8. The Hall–Kier alpha value is -2.01. The highest BCUT2D eigenvalue weighted by Crippen LogP contribution is 2.30. The topological polar surface area (TPSA) is 49.3 Å². The third-order valence-corrected chi connectivity index (χ3v) is 5.20. The standard InChI is InChI=1S/C19H24N4O/c1-13-14(2)21-18-11-16(5-6-17(18)20-13)19(24)23-9-7-22(8-10-23)12-15-3-4-15/h5-6,11,15H,3-4,7-10,12H2,1-2H3. The van der Waals surface area contributed by atoms with Gasteiger partial charge in [-0.25, -0.2) is 9.97 Å². The quantitative estimate of drug-likeness (QED) is 0.870. The molecule has 1 saturated carbocycles. The zero-order valence-corrected chi connectivity index (χ0v) is 14.5. The summed E-state index contributed by atoms with van der Waals surface area (Å²) in [4.78, 5) is 26.4. The molecule has 0 spiro atoms. The van der Waals surface area contributed by atoms with Crippen LogP contribution in [-0.4, -0.2) is 58.4 Å². The van der Waals surface area contributed by atoms with Crippen LogP contribution in [0.4, 0.5) is 0 Å². The summed E-state index contributed by atoms with van der Waals surface area (Å²) in [6.07, 6.45) is 2.77. The predicted molar refractivity (Wildman–Crippen MR) is 94.1 cm³/mol. The molecule has 0 bridgehead atoms. The van der Waals surface area contributed by atoms with Gasteiger partial charge in [-0.3, -0.25) is 9.69 Å². The maximum Gasteiger partial charge on any atom is 0.254 e. The number of fused-ring (bicyclic) bond motifs is 1. The molecule has 1 saturated heterocycles. The average Bonchev–Trinajstić information content (AvgIpc) is 3.40. The number of hydrogen-bond donors (Lipinski definition) is 0. The molecule has 2 aliphatic rings. The minimum atomic E-state index is 0.114. The number of nitrogens with zero attached hydrogens (tertiary/aromatic N) is 4. The van der Waals surface area contributed by atoms with Crippen molar-refractivity contribution in [2.45, 2.75) is 26.7 Å². The van der Waals surface area contributed by atoms with E-state index in [-0.39, 0.29) is 5.91 Å². The SMILES string of the molecule is Cc1nc2ccc(C(=O)N3CCN(CC4CC4)CC3)cc2nc1C. The van der Waals surface area contributed by atoms with Gasteiger partial charge in [0.2, 0.25) is 0 Å². The number of aryl methyl sites for hydroxylation is 2. The number of hydrogen-bond acceptors (Lipinski definition) is 4. The zero-order chi connectivity index (χ0) is 16.7. The van der Waals surface area contributed by atoms with Crippen LogP contribution in [0.25, 0.3) is 11.0 Å². The Morgan fingerprint density at radius 2 is 1.71 bits per heavy atom. The first kappa shape index (κ1) is 15.5. The van der Waals surface area contributed by atoms with Crippen LogP contribution >= 0.6 is 0 Å². The van der Waals surface area contributed by atoms with Crippen molar-refractivity contribution in [1.29, 1.82) is 0 Å². The van der Waals surface area contributed by atoms with Gasteiger partial charge in [-0.2, -0.15) is 0 Å². The Bertz CT molecular complexity index is 776. The molecule has 2 heterocycles. The lowest BCUT2D eigenvalue weighted by Gasteiger charge is -2.34. The van der Waals surface area contributed by atoms with Gasteiger partial charge in [0.1, 0.15) is 0 Å². The largest absolute Gasteiger partial charge is 0.336 e. The summed E-state index contributed by atoms with van der Waals surface area (Å²) in [5.74, 6) is 1.03. The van der Waals surface area contributed by atoms with Gasteiger partial charge in [0.05, 0.1) is 22.4 Å². The lowest BCUT2D eigenvalue weighted by Crippen LogP contribution is -2.49. The van der Waals surface area contributed by atoms with E-state index in [4.69, 9.17) is 0 Å². The summed E-state index contributed by atoms with van der Waals surface area (Å²) in [7, 11) is 0. The minimum absolute atomic E-state index is 0.114. The van der Waals surface area contributed by atoms with Crippen molar-refractivity contribution in [2.75, 3.05) is 32.7 Å². The Kier molecular flexibility index (Phi) is 3.96. The molecule has 1 aliphatic carbocycles. The highest BCUT2D eigenvalue weighted by Gasteiger charge is 2.28. The van der Waals surface area contributed by atoms with Crippen molar-refractivity contribution in [2.24, 2.45) is 5.92 Å². The van der Waals surface area contributed by atoms with E-state index in [2.05, 4.69) is 14.9 Å². The number of rotatable bonds is 3. The molecule has 4 rings (SSSR count). The monoisotopic (exact) mass is 324 g/mol. The van der Waals surface area contributed by atoms with Crippen molar-refractivity contribution in [3.8, 4) is 0 Å². The van der Waals surface area contributed by atoms with Crippen molar-refractivity contribution in [3.05, 3.63) is 35.2 Å². The van der Waals surface area contributed by atoms with E-state index in [0.717, 1.165) is 60.1 Å². The first-order valence-electron chi connectivity index (χ1n) is 8.87. The molecule has 1 aromatic heterocycles. The summed E-state index contributed by atoms with van der Waals surface area (Å²) >= 11 is 0. The van der Waals surface area contributed by atoms with E-state index >= 15 is 0 Å². The molecular formula is C19H24N4O. The van der Waals surface area contributed by atoms with Gasteiger partial charge in [-0.15, -0.1) is 0 Å². The lowest BCUT2D eigenvalue weighted by atomic mass is 10.1. The Balaban J connectivity index is 1.47. The third-order valence-electron chi connectivity index (χ3n) is 5.20. The number of piperazine rings is 1. The minimum Gasteiger partial charge on any atom is -0.336 e. The predicted octanol–water partition coefficient (Wildman–Crippen LogP) is 2.41. The molecule has 5 nitrogen and oxygen atoms in total. The third kappa shape index (κ3) is 3.13. The highest BCUT2D eigenvalue weighted by atomic mass is 16.2. The summed E-state index contributed by atoms with van der Waals surface area (Å²) in [6.45, 7) is 8.76. The van der Waals surface area contributed by atoms with Gasteiger partial charge < -0.3 is 4.90 Å². The summed E-state index contributed by atoms with van der Waals surface area (Å²) in [6, 6.07) is 5.67. The van der Waals surface area contributed by atoms with Crippen LogP contribution < -0.4 is 0 Å². The second-order valence-electron chi connectivity index (χ2n) is 7.13. The number of amides is 1. The van der Waals surface area contributed by atoms with E-state index in [0.29, 0.717) is 0 Å². The molecule has 1 aromatic carbocycles. The summed E-state index contributed by atoms with van der Waals surface area (Å²) < 4.78 is 0. The molecule has 24 heavy (non-hydrogen) atoms. The number of aromatic nitrogens is 2. The maximum absolute atomic E-state index is 12.8. The molecule has 2 aromatic rings. The van der Waals surface area contributed by atoms with Gasteiger partial charge in [-0.1, -0.05) is 0 Å². The van der Waals surface area contributed by atoms with Crippen LogP contribution in [0, 0.1) is 19.8 Å². The van der Waals surface area contributed by atoms with Crippen molar-refractivity contribution >= 4 is 16.9 Å². The van der Waals surface area contributed by atoms with E-state index in [1.807, 2.05) is 36.9 Å². The van der Waals surface area contributed by atoms with Crippen LogP contribution in [0.5, 0.6) is 0 Å². The molecule has 2 fully saturated rings. The number of carbonyl (C=O) groups excluding carboxylic acids is 1. The zero-order valence-electron chi connectivity index (χ0n) is 14.5. The molecular weight excluding hydrogens is 300 g/mol. The Morgan fingerprint density at radius 1 is 1.04 bits per heavy atom. The fraction of sp³-hybridized carbons (Fsp3) is 0.526. The van der Waals surface area contributed by atoms with Gasteiger partial charge in [-0.05, 0) is 50.8 Å². The van der Waals surface area contributed by atoms with E-state index in [1.54, 1.807) is 0 Å². The van der Waals surface area contributed by atoms with Crippen LogP contribution in [0.3, 0.4) is 0 Å². The van der Waals surface area contributed by atoms with Gasteiger partial charge in [0.15, 0.2) is 0 Å². The lowest BCUT2D eigenvalue weighted by molar-refractivity contribution is 0.0632.